The van der Waals surface area contributed by atoms with Crippen molar-refractivity contribution in [2.75, 3.05) is 39.8 Å². The SMILES string of the molecule is CN(Cc1cccs1)C(=O)CN1CCN(Cc2nc(-c3ccc(Cl)cc3)no2)CC1. The van der Waals surface area contributed by atoms with Crippen LogP contribution < -0.4 is 0 Å². The average Bonchev–Trinajstić information content (AvgIpc) is 3.42. The number of piperazine rings is 1. The number of carbonyl (C=O) groups is 1. The van der Waals surface area contributed by atoms with Crippen molar-refractivity contribution in [2.45, 2.75) is 13.1 Å². The van der Waals surface area contributed by atoms with E-state index in [1.165, 1.54) is 4.88 Å². The molecule has 0 aliphatic carbocycles. The summed E-state index contributed by atoms with van der Waals surface area (Å²) < 4.78 is 5.42. The Hall–Kier alpha value is -2.26. The first-order valence-electron chi connectivity index (χ1n) is 9.86. The summed E-state index contributed by atoms with van der Waals surface area (Å²) in [5.74, 6) is 1.32. The van der Waals surface area contributed by atoms with Gasteiger partial charge in [-0.2, -0.15) is 4.98 Å². The maximum atomic E-state index is 12.5. The van der Waals surface area contributed by atoms with Crippen molar-refractivity contribution in [3.8, 4) is 11.4 Å². The number of nitrogens with zero attached hydrogens (tertiary/aromatic N) is 5. The lowest BCUT2D eigenvalue weighted by atomic mass is 10.2. The number of aromatic nitrogens is 2. The summed E-state index contributed by atoms with van der Waals surface area (Å²) in [6.45, 7) is 5.15. The number of rotatable bonds is 7. The van der Waals surface area contributed by atoms with E-state index in [4.69, 9.17) is 16.1 Å². The molecule has 158 valence electrons. The second-order valence-corrected chi connectivity index (χ2v) is 8.87. The van der Waals surface area contributed by atoms with Gasteiger partial charge in [-0.1, -0.05) is 22.8 Å². The highest BCUT2D eigenvalue weighted by Gasteiger charge is 2.22. The second kappa shape index (κ2) is 9.70. The molecule has 0 saturated carbocycles. The maximum Gasteiger partial charge on any atom is 0.241 e. The molecule has 0 radical (unpaired) electrons. The van der Waals surface area contributed by atoms with Crippen molar-refractivity contribution < 1.29 is 9.32 Å². The molecule has 1 fully saturated rings. The molecule has 3 heterocycles. The normalized spacial score (nSPS) is 15.4. The molecule has 0 atom stereocenters. The van der Waals surface area contributed by atoms with Gasteiger partial charge in [-0.3, -0.25) is 14.6 Å². The van der Waals surface area contributed by atoms with Crippen molar-refractivity contribution in [3.05, 3.63) is 57.6 Å². The monoisotopic (exact) mass is 445 g/mol. The van der Waals surface area contributed by atoms with E-state index < -0.39 is 0 Å². The van der Waals surface area contributed by atoms with E-state index in [1.54, 1.807) is 16.2 Å². The van der Waals surface area contributed by atoms with Gasteiger partial charge in [-0.05, 0) is 35.7 Å². The van der Waals surface area contributed by atoms with Crippen molar-refractivity contribution in [1.29, 1.82) is 0 Å². The van der Waals surface area contributed by atoms with Crippen molar-refractivity contribution in [1.82, 2.24) is 24.8 Å². The maximum absolute atomic E-state index is 12.5. The van der Waals surface area contributed by atoms with Crippen molar-refractivity contribution in [2.24, 2.45) is 0 Å². The summed E-state index contributed by atoms with van der Waals surface area (Å²) in [5.41, 5.74) is 0.879. The fourth-order valence-corrected chi connectivity index (χ4v) is 4.25. The number of thiophene rings is 1. The third kappa shape index (κ3) is 5.46. The number of amides is 1. The van der Waals surface area contributed by atoms with Crippen molar-refractivity contribution >= 4 is 28.8 Å². The average molecular weight is 446 g/mol. The zero-order chi connectivity index (χ0) is 20.9. The molecule has 0 unspecified atom stereocenters. The molecule has 30 heavy (non-hydrogen) atoms. The molecule has 2 aromatic heterocycles. The van der Waals surface area contributed by atoms with Crippen LogP contribution in [0.1, 0.15) is 10.8 Å². The molecule has 9 heteroatoms. The van der Waals surface area contributed by atoms with E-state index in [0.717, 1.165) is 31.7 Å². The Balaban J connectivity index is 1.23. The molecular weight excluding hydrogens is 422 g/mol. The first kappa shape index (κ1) is 21.0. The molecule has 1 aliphatic rings. The van der Waals surface area contributed by atoms with Crippen LogP contribution in [0.3, 0.4) is 0 Å². The fraction of sp³-hybridized carbons (Fsp3) is 0.381. The van der Waals surface area contributed by atoms with Crippen LogP contribution in [0.15, 0.2) is 46.3 Å². The molecule has 1 saturated heterocycles. The van der Waals surface area contributed by atoms with Crippen molar-refractivity contribution in [3.63, 3.8) is 0 Å². The molecule has 1 aromatic carbocycles. The van der Waals surface area contributed by atoms with Crippen LogP contribution in [0, 0.1) is 0 Å². The number of benzene rings is 1. The largest absolute Gasteiger partial charge is 0.340 e. The third-order valence-corrected chi connectivity index (χ3v) is 6.27. The van der Waals surface area contributed by atoms with Crippen LogP contribution in [0.2, 0.25) is 5.02 Å². The third-order valence-electron chi connectivity index (χ3n) is 5.15. The van der Waals surface area contributed by atoms with Crippen LogP contribution in [0.25, 0.3) is 11.4 Å². The fourth-order valence-electron chi connectivity index (χ4n) is 3.37. The van der Waals surface area contributed by atoms with Crippen LogP contribution in [0.5, 0.6) is 0 Å². The van der Waals surface area contributed by atoms with E-state index in [9.17, 15) is 4.79 Å². The van der Waals surface area contributed by atoms with Gasteiger partial charge in [-0.15, -0.1) is 11.3 Å². The predicted octanol–water partition coefficient (Wildman–Crippen LogP) is 3.23. The molecule has 1 aliphatic heterocycles. The molecule has 4 rings (SSSR count). The summed E-state index contributed by atoms with van der Waals surface area (Å²) in [5, 5.41) is 6.78. The van der Waals surface area contributed by atoms with Gasteiger partial charge in [0.25, 0.3) is 0 Å². The Morgan fingerprint density at radius 3 is 2.60 bits per heavy atom. The Morgan fingerprint density at radius 2 is 1.90 bits per heavy atom. The van der Waals surface area contributed by atoms with Gasteiger partial charge in [0.2, 0.25) is 17.6 Å². The number of hydrogen-bond donors (Lipinski definition) is 0. The number of likely N-dealkylation sites (N-methyl/N-ethyl adjacent to an activating group) is 1. The van der Waals surface area contributed by atoms with Gasteiger partial charge >= 0.3 is 0 Å². The lowest BCUT2D eigenvalue weighted by molar-refractivity contribution is -0.132. The smallest absolute Gasteiger partial charge is 0.241 e. The standard InChI is InChI=1S/C21H24ClN5O2S/c1-25(13-18-3-2-12-30-18)20(28)15-27-10-8-26(9-11-27)14-19-23-21(24-29-19)16-4-6-17(22)7-5-16/h2-7,12H,8-11,13-15H2,1H3. The minimum atomic E-state index is 0.154. The molecule has 1 amide bonds. The van der Waals surface area contributed by atoms with Gasteiger partial charge < -0.3 is 9.42 Å². The van der Waals surface area contributed by atoms with E-state index in [1.807, 2.05) is 42.8 Å². The Bertz CT molecular complexity index is 952. The first-order chi connectivity index (χ1) is 14.6. The molecule has 0 N–H and O–H groups in total. The zero-order valence-corrected chi connectivity index (χ0v) is 18.4. The Morgan fingerprint density at radius 1 is 1.17 bits per heavy atom. The number of carbonyl (C=O) groups excluding carboxylic acids is 1. The predicted molar refractivity (Wildman–Crippen MR) is 117 cm³/mol. The summed E-state index contributed by atoms with van der Waals surface area (Å²) in [4.78, 5) is 24.5. The van der Waals surface area contributed by atoms with Crippen LogP contribution in [-0.4, -0.2) is 70.5 Å². The second-order valence-electron chi connectivity index (χ2n) is 7.40. The first-order valence-corrected chi connectivity index (χ1v) is 11.1. The van der Waals surface area contributed by atoms with Gasteiger partial charge in [0.05, 0.1) is 19.6 Å². The molecular formula is C21H24ClN5O2S. The quantitative estimate of drug-likeness (QED) is 0.556. The van der Waals surface area contributed by atoms with Crippen LogP contribution in [-0.2, 0) is 17.9 Å². The minimum Gasteiger partial charge on any atom is -0.340 e. The van der Waals surface area contributed by atoms with Gasteiger partial charge in [0.15, 0.2) is 0 Å². The Kier molecular flexibility index (Phi) is 6.79. The van der Waals surface area contributed by atoms with Gasteiger partial charge in [0, 0.05) is 48.7 Å². The van der Waals surface area contributed by atoms with E-state index >= 15 is 0 Å². The summed E-state index contributed by atoms with van der Waals surface area (Å²) in [6, 6.07) is 11.4. The highest BCUT2D eigenvalue weighted by molar-refractivity contribution is 7.09. The molecule has 0 spiro atoms. The van der Waals surface area contributed by atoms with Crippen LogP contribution in [0.4, 0.5) is 0 Å². The highest BCUT2D eigenvalue weighted by atomic mass is 35.5. The summed E-state index contributed by atoms with van der Waals surface area (Å²) in [6.07, 6.45) is 0. The zero-order valence-electron chi connectivity index (χ0n) is 16.8. The van der Waals surface area contributed by atoms with Gasteiger partial charge in [0.1, 0.15) is 0 Å². The van der Waals surface area contributed by atoms with E-state index in [0.29, 0.717) is 36.4 Å². The summed E-state index contributed by atoms with van der Waals surface area (Å²) in [7, 11) is 1.87. The number of halogens is 1. The Labute approximate surface area is 184 Å². The molecule has 3 aromatic rings. The van der Waals surface area contributed by atoms with E-state index in [2.05, 4.69) is 26.0 Å². The van der Waals surface area contributed by atoms with E-state index in [-0.39, 0.29) is 5.91 Å². The highest BCUT2D eigenvalue weighted by Crippen LogP contribution is 2.19. The molecule has 7 nitrogen and oxygen atoms in total. The lowest BCUT2D eigenvalue weighted by Gasteiger charge is -2.34. The molecule has 0 bridgehead atoms. The summed E-state index contributed by atoms with van der Waals surface area (Å²) >= 11 is 7.60. The number of hydrogen-bond acceptors (Lipinski definition) is 7. The van der Waals surface area contributed by atoms with Gasteiger partial charge in [-0.25, -0.2) is 0 Å². The lowest BCUT2D eigenvalue weighted by Crippen LogP contribution is -2.49. The minimum absolute atomic E-state index is 0.154. The van der Waals surface area contributed by atoms with Crippen LogP contribution >= 0.6 is 22.9 Å². The topological polar surface area (TPSA) is 65.7 Å².